The van der Waals surface area contributed by atoms with Crippen LogP contribution in [0.1, 0.15) is 16.1 Å². The number of hydrogen-bond acceptors (Lipinski definition) is 5. The van der Waals surface area contributed by atoms with Crippen LogP contribution in [0.25, 0.3) is 0 Å². The van der Waals surface area contributed by atoms with Crippen molar-refractivity contribution in [3.8, 4) is 5.88 Å². The molecule has 0 fully saturated rings. The summed E-state index contributed by atoms with van der Waals surface area (Å²) in [5.41, 5.74) is 7.11. The summed E-state index contributed by atoms with van der Waals surface area (Å²) < 4.78 is 5.02. The van der Waals surface area contributed by atoms with E-state index in [1.165, 1.54) is 19.5 Å². The number of aromatic nitrogens is 2. The van der Waals surface area contributed by atoms with Gasteiger partial charge in [0, 0.05) is 12.4 Å². The summed E-state index contributed by atoms with van der Waals surface area (Å²) in [6.07, 6.45) is 3.38. The fraction of sp³-hybridized carbons (Fsp3) is 0.214. The topological polar surface area (TPSA) is 78.1 Å². The van der Waals surface area contributed by atoms with Crippen LogP contribution in [0.15, 0.2) is 42.7 Å². The molecule has 1 atom stereocenters. The van der Waals surface area contributed by atoms with Gasteiger partial charge in [0.15, 0.2) is 5.69 Å². The van der Waals surface area contributed by atoms with Gasteiger partial charge in [-0.3, -0.25) is 4.79 Å². The third-order valence-corrected chi connectivity index (χ3v) is 2.73. The smallest absolute Gasteiger partial charge is 0.243 e. The van der Waals surface area contributed by atoms with Gasteiger partial charge in [0.25, 0.3) is 0 Å². The summed E-state index contributed by atoms with van der Waals surface area (Å²) >= 11 is 0. The Morgan fingerprint density at radius 2 is 1.95 bits per heavy atom. The van der Waals surface area contributed by atoms with Gasteiger partial charge >= 0.3 is 0 Å². The number of carbonyl (C=O) groups excluding carboxylic acids is 1. The van der Waals surface area contributed by atoms with Gasteiger partial charge in [-0.05, 0) is 12.0 Å². The SMILES string of the molecule is COc1nccnc1C(=O)C(N)Cc1ccccc1. The Bertz CT molecular complexity index is 558. The standard InChI is InChI=1S/C14H15N3O2/c1-19-14-12(16-7-8-17-14)13(18)11(15)9-10-5-3-2-4-6-10/h2-8,11H,9,15H2,1H3. The number of rotatable bonds is 5. The summed E-state index contributed by atoms with van der Waals surface area (Å²) in [7, 11) is 1.45. The van der Waals surface area contributed by atoms with Crippen LogP contribution in [-0.4, -0.2) is 28.9 Å². The second-order valence-electron chi connectivity index (χ2n) is 4.07. The van der Waals surface area contributed by atoms with E-state index in [9.17, 15) is 4.79 Å². The van der Waals surface area contributed by atoms with Crippen LogP contribution in [0.4, 0.5) is 0 Å². The first-order chi connectivity index (χ1) is 9.22. The highest BCUT2D eigenvalue weighted by molar-refractivity contribution is 6.00. The minimum Gasteiger partial charge on any atom is -0.479 e. The van der Waals surface area contributed by atoms with Crippen LogP contribution >= 0.6 is 0 Å². The zero-order chi connectivity index (χ0) is 13.7. The third-order valence-electron chi connectivity index (χ3n) is 2.73. The molecule has 0 bridgehead atoms. The zero-order valence-electron chi connectivity index (χ0n) is 10.6. The molecule has 0 aliphatic carbocycles. The van der Waals surface area contributed by atoms with Crippen molar-refractivity contribution in [1.82, 2.24) is 9.97 Å². The number of ketones is 1. The number of carbonyl (C=O) groups is 1. The normalized spacial score (nSPS) is 11.9. The molecule has 1 aromatic carbocycles. The average molecular weight is 257 g/mol. The average Bonchev–Trinajstić information content (AvgIpc) is 2.47. The maximum atomic E-state index is 12.2. The molecule has 5 nitrogen and oxygen atoms in total. The number of nitrogens with two attached hydrogens (primary N) is 1. The molecule has 0 amide bonds. The molecule has 0 saturated carbocycles. The second-order valence-corrected chi connectivity index (χ2v) is 4.07. The van der Waals surface area contributed by atoms with Gasteiger partial charge < -0.3 is 10.5 Å². The Morgan fingerprint density at radius 1 is 1.26 bits per heavy atom. The molecule has 19 heavy (non-hydrogen) atoms. The van der Waals surface area contributed by atoms with Crippen molar-refractivity contribution in [2.75, 3.05) is 7.11 Å². The number of hydrogen-bond donors (Lipinski definition) is 1. The molecule has 2 N–H and O–H groups in total. The minimum absolute atomic E-state index is 0.174. The van der Waals surface area contributed by atoms with E-state index < -0.39 is 6.04 Å². The van der Waals surface area contributed by atoms with Gasteiger partial charge in [-0.1, -0.05) is 30.3 Å². The summed E-state index contributed by atoms with van der Waals surface area (Å²) in [6.45, 7) is 0. The van der Waals surface area contributed by atoms with Gasteiger partial charge in [0.05, 0.1) is 13.2 Å². The Kier molecular flexibility index (Phi) is 4.20. The molecule has 0 spiro atoms. The lowest BCUT2D eigenvalue weighted by atomic mass is 10.0. The molecule has 1 aromatic heterocycles. The van der Waals surface area contributed by atoms with Gasteiger partial charge in [-0.25, -0.2) is 9.97 Å². The molecule has 2 rings (SSSR count). The van der Waals surface area contributed by atoms with E-state index in [0.717, 1.165) is 5.56 Å². The molecule has 2 aromatic rings. The molecule has 0 saturated heterocycles. The highest BCUT2D eigenvalue weighted by Gasteiger charge is 2.21. The van der Waals surface area contributed by atoms with Crippen LogP contribution in [-0.2, 0) is 6.42 Å². The van der Waals surface area contributed by atoms with E-state index >= 15 is 0 Å². The van der Waals surface area contributed by atoms with Crippen LogP contribution < -0.4 is 10.5 Å². The lowest BCUT2D eigenvalue weighted by Gasteiger charge is -2.11. The lowest BCUT2D eigenvalue weighted by Crippen LogP contribution is -2.33. The molecular weight excluding hydrogens is 242 g/mol. The maximum absolute atomic E-state index is 12.2. The van der Waals surface area contributed by atoms with Crippen molar-refractivity contribution in [2.24, 2.45) is 5.73 Å². The first-order valence-electron chi connectivity index (χ1n) is 5.91. The summed E-state index contributed by atoms with van der Waals surface area (Å²) in [5, 5.41) is 0. The van der Waals surface area contributed by atoms with Gasteiger partial charge in [-0.2, -0.15) is 0 Å². The van der Waals surface area contributed by atoms with Crippen molar-refractivity contribution in [3.63, 3.8) is 0 Å². The second kappa shape index (κ2) is 6.06. The number of nitrogens with zero attached hydrogens (tertiary/aromatic N) is 2. The fourth-order valence-electron chi connectivity index (χ4n) is 1.78. The van der Waals surface area contributed by atoms with Crippen LogP contribution in [0, 0.1) is 0 Å². The maximum Gasteiger partial charge on any atom is 0.243 e. The van der Waals surface area contributed by atoms with Crippen molar-refractivity contribution >= 4 is 5.78 Å². The first kappa shape index (κ1) is 13.2. The van der Waals surface area contributed by atoms with E-state index in [0.29, 0.717) is 6.42 Å². The minimum atomic E-state index is -0.659. The van der Waals surface area contributed by atoms with Crippen LogP contribution in [0.5, 0.6) is 5.88 Å². The Labute approximate surface area is 111 Å². The number of Topliss-reactive ketones (excluding diaryl/α,β-unsaturated/α-hetero) is 1. The van der Waals surface area contributed by atoms with E-state index in [1.54, 1.807) is 0 Å². The summed E-state index contributed by atoms with van der Waals surface area (Å²) in [6, 6.07) is 8.95. The fourth-order valence-corrected chi connectivity index (χ4v) is 1.78. The molecular formula is C14H15N3O2. The van der Waals surface area contributed by atoms with Crippen molar-refractivity contribution < 1.29 is 9.53 Å². The zero-order valence-corrected chi connectivity index (χ0v) is 10.6. The molecule has 5 heteroatoms. The molecule has 0 aliphatic rings. The van der Waals surface area contributed by atoms with E-state index in [2.05, 4.69) is 9.97 Å². The largest absolute Gasteiger partial charge is 0.479 e. The quantitative estimate of drug-likeness (QED) is 0.815. The number of ether oxygens (including phenoxy) is 1. The number of benzene rings is 1. The van der Waals surface area contributed by atoms with Gasteiger partial charge in [0.1, 0.15) is 0 Å². The molecule has 0 radical (unpaired) electrons. The lowest BCUT2D eigenvalue weighted by molar-refractivity contribution is 0.0951. The van der Waals surface area contributed by atoms with Gasteiger partial charge in [-0.15, -0.1) is 0 Å². The summed E-state index contributed by atoms with van der Waals surface area (Å²) in [5.74, 6) is -0.0650. The molecule has 98 valence electrons. The number of methoxy groups -OCH3 is 1. The highest BCUT2D eigenvalue weighted by Crippen LogP contribution is 2.14. The molecule has 1 unspecified atom stereocenters. The Balaban J connectivity index is 2.15. The third kappa shape index (κ3) is 3.14. The van der Waals surface area contributed by atoms with Crippen molar-refractivity contribution in [2.45, 2.75) is 12.5 Å². The molecule has 1 heterocycles. The van der Waals surface area contributed by atoms with Crippen molar-refractivity contribution in [3.05, 3.63) is 54.0 Å². The molecule has 0 aliphatic heterocycles. The van der Waals surface area contributed by atoms with E-state index in [4.69, 9.17) is 10.5 Å². The van der Waals surface area contributed by atoms with E-state index in [-0.39, 0.29) is 17.4 Å². The summed E-state index contributed by atoms with van der Waals surface area (Å²) in [4.78, 5) is 20.2. The van der Waals surface area contributed by atoms with E-state index in [1.807, 2.05) is 30.3 Å². The Hall–Kier alpha value is -2.27. The predicted octanol–water partition coefficient (Wildman–Crippen LogP) is 1.24. The van der Waals surface area contributed by atoms with Crippen LogP contribution in [0.2, 0.25) is 0 Å². The highest BCUT2D eigenvalue weighted by atomic mass is 16.5. The first-order valence-corrected chi connectivity index (χ1v) is 5.91. The van der Waals surface area contributed by atoms with Crippen LogP contribution in [0.3, 0.4) is 0 Å². The monoisotopic (exact) mass is 257 g/mol. The van der Waals surface area contributed by atoms with Crippen molar-refractivity contribution in [1.29, 1.82) is 0 Å². The predicted molar refractivity (Wildman–Crippen MR) is 71.0 cm³/mol. The van der Waals surface area contributed by atoms with Gasteiger partial charge in [0.2, 0.25) is 11.7 Å². The Morgan fingerprint density at radius 3 is 2.63 bits per heavy atom.